The summed E-state index contributed by atoms with van der Waals surface area (Å²) in [5.74, 6) is 0.436. The Hall–Kier alpha value is -2.31. The summed E-state index contributed by atoms with van der Waals surface area (Å²) in [6.07, 6.45) is 3.73. The number of rotatable bonds is 5. The number of fused-ring (bicyclic) bond motifs is 3. The molecule has 6 rings (SSSR count). The van der Waals surface area contributed by atoms with Crippen LogP contribution in [-0.4, -0.2) is 3.21 Å². The predicted molar refractivity (Wildman–Crippen MR) is 201 cm³/mol. The van der Waals surface area contributed by atoms with Gasteiger partial charge in [0.15, 0.2) is 0 Å². The summed E-state index contributed by atoms with van der Waals surface area (Å²) in [4.78, 5) is 0. The summed E-state index contributed by atoms with van der Waals surface area (Å²) in [6, 6.07) is 37.9. The Kier molecular flexibility index (Phi) is 11.9. The molecule has 3 heteroatoms. The molecular weight excluding hydrogens is 715 g/mol. The molecule has 0 fully saturated rings. The van der Waals surface area contributed by atoms with Gasteiger partial charge in [-0.2, -0.15) is 0 Å². The zero-order chi connectivity index (χ0) is 33.9. The topological polar surface area (TPSA) is 0 Å². The molecular formula is C46H54Cl2Zr. The average Bonchev–Trinajstić information content (AvgIpc) is 3.53. The summed E-state index contributed by atoms with van der Waals surface area (Å²) in [6.45, 7) is 26.2. The van der Waals surface area contributed by atoms with E-state index in [9.17, 15) is 0 Å². The smallest absolute Gasteiger partial charge is 1.00 e. The quantitative estimate of drug-likeness (QED) is 0.217. The molecule has 256 valence electrons. The molecule has 2 aliphatic rings. The fourth-order valence-electron chi connectivity index (χ4n) is 7.96. The monoisotopic (exact) mass is 766 g/mol. The second kappa shape index (κ2) is 14.7. The van der Waals surface area contributed by atoms with E-state index in [0.29, 0.717) is 9.54 Å². The third-order valence-corrected chi connectivity index (χ3v) is 19.4. The largest absolute Gasteiger partial charge is 1.00 e. The van der Waals surface area contributed by atoms with Crippen LogP contribution >= 0.6 is 0 Å². The maximum atomic E-state index is 2.64. The van der Waals surface area contributed by atoms with E-state index in [2.05, 4.69) is 179 Å². The first-order valence-electron chi connectivity index (χ1n) is 17.7. The van der Waals surface area contributed by atoms with Crippen LogP contribution < -0.4 is 24.8 Å². The van der Waals surface area contributed by atoms with Crippen molar-refractivity contribution in [3.63, 3.8) is 0 Å². The van der Waals surface area contributed by atoms with Gasteiger partial charge in [-0.1, -0.05) is 0 Å². The van der Waals surface area contributed by atoms with Crippen LogP contribution in [0.4, 0.5) is 0 Å². The van der Waals surface area contributed by atoms with E-state index >= 15 is 0 Å². The van der Waals surface area contributed by atoms with Gasteiger partial charge >= 0.3 is 295 Å². The van der Waals surface area contributed by atoms with Crippen LogP contribution in [0, 0.1) is 11.3 Å². The molecule has 0 radical (unpaired) electrons. The molecule has 0 aromatic heterocycles. The van der Waals surface area contributed by atoms with Crippen LogP contribution in [0.1, 0.15) is 120 Å². The summed E-state index contributed by atoms with van der Waals surface area (Å²) in [5.41, 5.74) is 15.2. The normalized spacial score (nSPS) is 15.8. The molecule has 0 amide bonds. The van der Waals surface area contributed by atoms with E-state index in [4.69, 9.17) is 0 Å². The Labute approximate surface area is 317 Å². The summed E-state index contributed by atoms with van der Waals surface area (Å²) < 4.78 is 3.83. The van der Waals surface area contributed by atoms with Gasteiger partial charge in [0, 0.05) is 0 Å². The minimum Gasteiger partial charge on any atom is -1.00 e. The Morgan fingerprint density at radius 2 is 1.02 bits per heavy atom. The number of halogens is 2. The molecule has 2 aliphatic carbocycles. The molecule has 0 spiro atoms. The van der Waals surface area contributed by atoms with Crippen LogP contribution in [-0.2, 0) is 32.1 Å². The molecule has 0 heterocycles. The van der Waals surface area contributed by atoms with Gasteiger partial charge in [-0.25, -0.2) is 0 Å². The SMILES string of the molecule is CCC1=[C]([Zr+2](=[C](c2ccccc2)c2ccccc2)[CH]2c3ccc(C(C)(C)C)cc3-c3cc(C(C)(C)C)ccc32)C(C)C=C1C(C)(C)C.[Cl-].[Cl-]. The number of hydrogen-bond donors (Lipinski definition) is 0. The van der Waals surface area contributed by atoms with Gasteiger partial charge in [-0.3, -0.25) is 0 Å². The van der Waals surface area contributed by atoms with Crippen LogP contribution in [0.5, 0.6) is 0 Å². The first-order valence-corrected chi connectivity index (χ1v) is 21.6. The van der Waals surface area contributed by atoms with Crippen molar-refractivity contribution >= 4 is 3.21 Å². The maximum Gasteiger partial charge on any atom is -1.00 e. The first-order chi connectivity index (χ1) is 22.1. The van der Waals surface area contributed by atoms with Crippen molar-refractivity contribution < 1.29 is 46.1 Å². The fraction of sp³-hybridized carbons (Fsp3) is 0.370. The van der Waals surface area contributed by atoms with E-state index in [0.717, 1.165) is 6.42 Å². The number of allylic oxidation sites excluding steroid dienone is 4. The van der Waals surface area contributed by atoms with E-state index in [-0.39, 0.29) is 41.1 Å². The number of hydrogen-bond acceptors (Lipinski definition) is 0. The molecule has 0 aliphatic heterocycles. The van der Waals surface area contributed by atoms with Crippen molar-refractivity contribution in [1.29, 1.82) is 0 Å². The van der Waals surface area contributed by atoms with Crippen molar-refractivity contribution in [3.05, 3.63) is 151 Å². The van der Waals surface area contributed by atoms with Gasteiger partial charge < -0.3 is 24.8 Å². The fourth-order valence-corrected chi connectivity index (χ4v) is 18.2. The van der Waals surface area contributed by atoms with Crippen LogP contribution in [0.25, 0.3) is 11.1 Å². The van der Waals surface area contributed by atoms with Crippen molar-refractivity contribution in [3.8, 4) is 11.1 Å². The van der Waals surface area contributed by atoms with Gasteiger partial charge in [0.1, 0.15) is 0 Å². The molecule has 4 aromatic carbocycles. The van der Waals surface area contributed by atoms with Gasteiger partial charge in [0.05, 0.1) is 0 Å². The second-order valence-electron chi connectivity index (χ2n) is 16.9. The molecule has 0 N–H and O–H groups in total. The van der Waals surface area contributed by atoms with E-state index in [1.165, 1.54) is 33.4 Å². The number of benzene rings is 4. The Morgan fingerprint density at radius 1 is 0.592 bits per heavy atom. The average molecular weight is 769 g/mol. The van der Waals surface area contributed by atoms with Crippen molar-refractivity contribution in [2.75, 3.05) is 0 Å². The van der Waals surface area contributed by atoms with E-state index in [1.807, 2.05) is 0 Å². The first kappa shape index (κ1) is 39.5. The molecule has 0 bridgehead atoms. The Bertz CT molecular complexity index is 1800. The molecule has 1 unspecified atom stereocenters. The molecule has 0 saturated heterocycles. The third kappa shape index (κ3) is 7.52. The summed E-state index contributed by atoms with van der Waals surface area (Å²) in [5, 5.41) is 0. The van der Waals surface area contributed by atoms with Crippen LogP contribution in [0.3, 0.4) is 0 Å². The molecule has 4 aromatic rings. The predicted octanol–water partition coefficient (Wildman–Crippen LogP) is 6.53. The molecule has 0 nitrogen and oxygen atoms in total. The summed E-state index contributed by atoms with van der Waals surface area (Å²) in [7, 11) is 0. The van der Waals surface area contributed by atoms with Crippen molar-refractivity contribution in [2.24, 2.45) is 11.3 Å². The van der Waals surface area contributed by atoms with Crippen LogP contribution in [0.15, 0.2) is 118 Å². The zero-order valence-corrected chi connectivity index (χ0v) is 35.4. The van der Waals surface area contributed by atoms with Gasteiger partial charge in [-0.15, -0.1) is 0 Å². The van der Waals surface area contributed by atoms with Gasteiger partial charge in [0.2, 0.25) is 0 Å². The minimum absolute atomic E-state index is 0. The van der Waals surface area contributed by atoms with E-state index in [1.54, 1.807) is 28.8 Å². The third-order valence-electron chi connectivity index (χ3n) is 10.4. The zero-order valence-electron chi connectivity index (χ0n) is 31.4. The van der Waals surface area contributed by atoms with Gasteiger partial charge in [0.25, 0.3) is 0 Å². The second-order valence-corrected chi connectivity index (χ2v) is 22.9. The Morgan fingerprint density at radius 3 is 1.39 bits per heavy atom. The summed E-state index contributed by atoms with van der Waals surface area (Å²) >= 11 is -2.90. The molecule has 49 heavy (non-hydrogen) atoms. The maximum absolute atomic E-state index is 2.90. The minimum atomic E-state index is -2.90. The van der Waals surface area contributed by atoms with Crippen molar-refractivity contribution in [1.82, 2.24) is 0 Å². The van der Waals surface area contributed by atoms with Crippen molar-refractivity contribution in [2.45, 2.75) is 97.0 Å². The van der Waals surface area contributed by atoms with E-state index < -0.39 is 21.3 Å². The molecule has 0 saturated carbocycles. The van der Waals surface area contributed by atoms with Gasteiger partial charge in [-0.05, 0) is 0 Å². The standard InChI is InChI=1S/C21H25.C13H10.C12H19.2ClH.Zr/c1-20(2,3)16-9-7-14-11-15-8-10-17(21(4,5)6)13-19(15)18(14)12-16;1-3-7-12(8-4-1)11-13-9-5-2-6-10-13;1-6-10-7-9(2)8-11(10)12(3,4)5;;;/h7-13H,1-6H3;1-10H;8-9H,6H2,1-5H3;2*1H;/q;;;;;+2/p-2. The van der Waals surface area contributed by atoms with Crippen LogP contribution in [0.2, 0.25) is 0 Å². The Balaban J connectivity index is 0.00000270. The molecule has 1 atom stereocenters.